The molecule has 0 atom stereocenters. The monoisotopic (exact) mass is 384 g/mol. The van der Waals surface area contributed by atoms with Gasteiger partial charge in [0.15, 0.2) is 12.3 Å². The molecule has 2 aromatic rings. The van der Waals surface area contributed by atoms with Crippen molar-refractivity contribution >= 4 is 17.6 Å². The van der Waals surface area contributed by atoms with Crippen LogP contribution in [0, 0.1) is 11.3 Å². The first-order valence-electron chi connectivity index (χ1n) is 8.63. The highest BCUT2D eigenvalue weighted by molar-refractivity contribution is 5.96. The number of nitriles is 1. The molecule has 28 heavy (non-hydrogen) atoms. The van der Waals surface area contributed by atoms with Crippen molar-refractivity contribution in [3.63, 3.8) is 0 Å². The minimum Gasteiger partial charge on any atom is -0.484 e. The largest absolute Gasteiger partial charge is 0.484 e. The quantitative estimate of drug-likeness (QED) is 0.762. The van der Waals surface area contributed by atoms with Crippen LogP contribution in [0.1, 0.15) is 16.1 Å². The Hall–Kier alpha value is -3.51. The molecular weight excluding hydrogens is 364 g/mol. The molecule has 3 rings (SSSR count). The number of hydrogen-bond donors (Lipinski definition) is 1. The third-order valence-electron chi connectivity index (χ3n) is 4.37. The zero-order chi connectivity index (χ0) is 20.1. The Morgan fingerprint density at radius 2 is 2.07 bits per heavy atom. The van der Waals surface area contributed by atoms with Crippen LogP contribution in [0.3, 0.4) is 0 Å². The molecule has 1 aromatic carbocycles. The van der Waals surface area contributed by atoms with Crippen LogP contribution in [-0.2, 0) is 14.3 Å². The Bertz CT molecular complexity index is 925. The smallest absolute Gasteiger partial charge is 0.357 e. The molecule has 1 aliphatic heterocycles. The van der Waals surface area contributed by atoms with E-state index < -0.39 is 5.97 Å². The predicted molar refractivity (Wildman–Crippen MR) is 99.1 cm³/mol. The topological polar surface area (TPSA) is 120 Å². The van der Waals surface area contributed by atoms with E-state index in [1.807, 2.05) is 6.07 Å². The van der Waals surface area contributed by atoms with Crippen LogP contribution in [0.15, 0.2) is 30.5 Å². The van der Waals surface area contributed by atoms with Crippen molar-refractivity contribution in [2.45, 2.75) is 0 Å². The summed E-state index contributed by atoms with van der Waals surface area (Å²) in [5.74, 6) is -0.338. The number of rotatable bonds is 5. The van der Waals surface area contributed by atoms with E-state index in [0.29, 0.717) is 37.7 Å². The molecule has 0 spiro atoms. The van der Waals surface area contributed by atoms with Gasteiger partial charge in [0.25, 0.3) is 5.91 Å². The Balaban J connectivity index is 1.81. The van der Waals surface area contributed by atoms with Crippen molar-refractivity contribution in [3.05, 3.63) is 41.7 Å². The number of morpholine rings is 1. The van der Waals surface area contributed by atoms with Gasteiger partial charge in [-0.3, -0.25) is 4.79 Å². The molecule has 1 fully saturated rings. The van der Waals surface area contributed by atoms with Gasteiger partial charge in [0.1, 0.15) is 11.8 Å². The Labute approximate surface area is 161 Å². The summed E-state index contributed by atoms with van der Waals surface area (Å²) in [4.78, 5) is 26.0. The highest BCUT2D eigenvalue weighted by atomic mass is 16.5. The van der Waals surface area contributed by atoms with Crippen LogP contribution in [0.25, 0.3) is 5.69 Å². The first-order valence-corrected chi connectivity index (χ1v) is 8.63. The summed E-state index contributed by atoms with van der Waals surface area (Å²) in [6.45, 7) is 2.03. The maximum atomic E-state index is 12.2. The van der Waals surface area contributed by atoms with Crippen molar-refractivity contribution in [2.24, 2.45) is 0 Å². The zero-order valence-corrected chi connectivity index (χ0v) is 15.4. The molecular formula is C19H20N4O5. The molecule has 9 nitrogen and oxygen atoms in total. The normalized spacial score (nSPS) is 13.6. The molecule has 1 amide bonds. The number of methoxy groups -OCH3 is 1. The van der Waals surface area contributed by atoms with Crippen LogP contribution in [0.4, 0.5) is 5.69 Å². The average molecular weight is 384 g/mol. The summed E-state index contributed by atoms with van der Waals surface area (Å²) in [6, 6.07) is 8.74. The van der Waals surface area contributed by atoms with Crippen molar-refractivity contribution < 1.29 is 23.8 Å². The summed E-state index contributed by atoms with van der Waals surface area (Å²) in [6.07, 6.45) is 1.46. The number of carbonyl (C=O) groups excluding carboxylic acids is 2. The number of hydrogen-bond acceptors (Lipinski definition) is 7. The van der Waals surface area contributed by atoms with E-state index in [-0.39, 0.29) is 29.5 Å². The number of nitrogens with two attached hydrogens (primary N) is 1. The van der Waals surface area contributed by atoms with Gasteiger partial charge in [0, 0.05) is 31.0 Å². The van der Waals surface area contributed by atoms with E-state index in [9.17, 15) is 14.9 Å². The SMILES string of the molecule is COC(=O)c1c(N)c(C#N)cn1-c1cccc(OCC(=O)N2CCOCC2)c1. The third-order valence-corrected chi connectivity index (χ3v) is 4.37. The predicted octanol–water partition coefficient (Wildman–Crippen LogP) is 0.955. The summed E-state index contributed by atoms with van der Waals surface area (Å²) < 4.78 is 17.1. The van der Waals surface area contributed by atoms with Crippen molar-refractivity contribution in [3.8, 4) is 17.5 Å². The lowest BCUT2D eigenvalue weighted by Crippen LogP contribution is -2.42. The first kappa shape index (κ1) is 19.3. The fraction of sp³-hybridized carbons (Fsp3) is 0.316. The van der Waals surface area contributed by atoms with Gasteiger partial charge in [-0.15, -0.1) is 0 Å². The molecule has 1 aromatic heterocycles. The lowest BCUT2D eigenvalue weighted by atomic mass is 10.2. The molecule has 0 bridgehead atoms. The Morgan fingerprint density at radius 1 is 1.32 bits per heavy atom. The first-order chi connectivity index (χ1) is 13.5. The Kier molecular flexibility index (Phi) is 5.81. The molecule has 1 saturated heterocycles. The lowest BCUT2D eigenvalue weighted by molar-refractivity contribution is -0.137. The van der Waals surface area contributed by atoms with Crippen LogP contribution < -0.4 is 10.5 Å². The maximum absolute atomic E-state index is 12.2. The minimum absolute atomic E-state index is 0.0446. The fourth-order valence-electron chi connectivity index (χ4n) is 2.89. The lowest BCUT2D eigenvalue weighted by Gasteiger charge is -2.26. The van der Waals surface area contributed by atoms with Crippen LogP contribution in [0.2, 0.25) is 0 Å². The highest BCUT2D eigenvalue weighted by Gasteiger charge is 2.22. The number of benzene rings is 1. The summed E-state index contributed by atoms with van der Waals surface area (Å²) in [5, 5.41) is 9.21. The number of nitrogen functional groups attached to an aromatic ring is 1. The molecule has 1 aliphatic rings. The number of aromatic nitrogens is 1. The van der Waals surface area contributed by atoms with Crippen LogP contribution >= 0.6 is 0 Å². The van der Waals surface area contributed by atoms with E-state index in [1.54, 1.807) is 29.2 Å². The van der Waals surface area contributed by atoms with Crippen LogP contribution in [-0.4, -0.2) is 61.4 Å². The van der Waals surface area contributed by atoms with Gasteiger partial charge in [0.2, 0.25) is 0 Å². The number of ether oxygens (including phenoxy) is 3. The van der Waals surface area contributed by atoms with Gasteiger partial charge in [0.05, 0.1) is 31.6 Å². The molecule has 0 aliphatic carbocycles. The van der Waals surface area contributed by atoms with Gasteiger partial charge in [-0.1, -0.05) is 6.07 Å². The molecule has 0 radical (unpaired) electrons. The summed E-state index contributed by atoms with van der Waals surface area (Å²) in [5.41, 5.74) is 6.72. The highest BCUT2D eigenvalue weighted by Crippen LogP contribution is 2.26. The van der Waals surface area contributed by atoms with Gasteiger partial charge >= 0.3 is 5.97 Å². The summed E-state index contributed by atoms with van der Waals surface area (Å²) >= 11 is 0. The van der Waals surface area contributed by atoms with E-state index in [2.05, 4.69) is 0 Å². The molecule has 2 heterocycles. The third kappa shape index (κ3) is 3.92. The standard InChI is InChI=1S/C19H20N4O5/c1-26-19(25)18-17(21)13(10-20)11-23(18)14-3-2-4-15(9-14)28-12-16(24)22-5-7-27-8-6-22/h2-4,9,11H,5-8,12,21H2,1H3. The minimum atomic E-state index is -0.659. The molecule has 0 unspecified atom stereocenters. The molecule has 146 valence electrons. The molecule has 0 saturated carbocycles. The van der Waals surface area contributed by atoms with Crippen molar-refractivity contribution in [1.29, 1.82) is 5.26 Å². The molecule has 2 N–H and O–H groups in total. The van der Waals surface area contributed by atoms with Gasteiger partial charge in [-0.2, -0.15) is 5.26 Å². The number of nitrogens with zero attached hydrogens (tertiary/aromatic N) is 3. The van der Waals surface area contributed by atoms with Crippen molar-refractivity contribution in [2.75, 3.05) is 45.8 Å². The second-order valence-corrected chi connectivity index (χ2v) is 6.06. The number of anilines is 1. The summed E-state index contributed by atoms with van der Waals surface area (Å²) in [7, 11) is 1.24. The number of carbonyl (C=O) groups is 2. The molecule has 9 heteroatoms. The van der Waals surface area contributed by atoms with E-state index in [4.69, 9.17) is 19.9 Å². The zero-order valence-electron chi connectivity index (χ0n) is 15.4. The van der Waals surface area contributed by atoms with Crippen LogP contribution in [0.5, 0.6) is 5.75 Å². The Morgan fingerprint density at radius 3 is 2.75 bits per heavy atom. The maximum Gasteiger partial charge on any atom is 0.357 e. The van der Waals surface area contributed by atoms with Gasteiger partial charge in [-0.25, -0.2) is 4.79 Å². The second kappa shape index (κ2) is 8.45. The average Bonchev–Trinajstić information content (AvgIpc) is 3.08. The van der Waals surface area contributed by atoms with E-state index in [1.165, 1.54) is 17.9 Å². The fourth-order valence-corrected chi connectivity index (χ4v) is 2.89. The van der Waals surface area contributed by atoms with Crippen molar-refractivity contribution in [1.82, 2.24) is 9.47 Å². The number of esters is 1. The second-order valence-electron chi connectivity index (χ2n) is 6.06. The van der Waals surface area contributed by atoms with Gasteiger partial charge < -0.3 is 29.4 Å². The van der Waals surface area contributed by atoms with E-state index in [0.717, 1.165) is 0 Å². The number of amides is 1. The van der Waals surface area contributed by atoms with Gasteiger partial charge in [-0.05, 0) is 12.1 Å². The van der Waals surface area contributed by atoms with E-state index >= 15 is 0 Å².